The first-order valence-corrected chi connectivity index (χ1v) is 6.09. The Balaban J connectivity index is 4.48. The van der Waals surface area contributed by atoms with E-state index < -0.39 is 18.1 Å². The Morgan fingerprint density at radius 2 is 1.82 bits per heavy atom. The lowest BCUT2D eigenvalue weighted by Crippen LogP contribution is -2.50. The average molecular weight is 245 g/mol. The van der Waals surface area contributed by atoms with Crippen molar-refractivity contribution in [2.45, 2.75) is 58.6 Å². The van der Waals surface area contributed by atoms with Crippen LogP contribution in [0.1, 0.15) is 46.5 Å². The maximum absolute atomic E-state index is 11.4. The summed E-state index contributed by atoms with van der Waals surface area (Å²) in [6.07, 6.45) is 2.82. The van der Waals surface area contributed by atoms with E-state index in [9.17, 15) is 14.7 Å². The van der Waals surface area contributed by atoms with Crippen molar-refractivity contribution in [3.8, 4) is 0 Å². The van der Waals surface area contributed by atoms with E-state index in [1.165, 1.54) is 18.7 Å². The second-order valence-electron chi connectivity index (χ2n) is 4.30. The van der Waals surface area contributed by atoms with Crippen molar-refractivity contribution < 1.29 is 19.8 Å². The van der Waals surface area contributed by atoms with Gasteiger partial charge in [0.2, 0.25) is 5.91 Å². The number of carbonyl (C=O) groups excluding carboxylic acids is 1. The highest BCUT2D eigenvalue weighted by atomic mass is 16.4. The highest BCUT2D eigenvalue weighted by Crippen LogP contribution is 2.09. The summed E-state index contributed by atoms with van der Waals surface area (Å²) in [6.45, 7) is 5.19. The first kappa shape index (κ1) is 15.9. The Hall–Kier alpha value is -1.10. The Kier molecular flexibility index (Phi) is 7.54. The fourth-order valence-electron chi connectivity index (χ4n) is 1.80. The predicted octanol–water partition coefficient (Wildman–Crippen LogP) is 1.25. The largest absolute Gasteiger partial charge is 0.480 e. The SMILES string of the molecule is CCCCCCN(C(C)=O)[C@H](C(=O)O)[C@@H](C)O. The van der Waals surface area contributed by atoms with E-state index in [1.54, 1.807) is 0 Å². The van der Waals surface area contributed by atoms with E-state index in [2.05, 4.69) is 6.92 Å². The molecule has 0 saturated carbocycles. The monoisotopic (exact) mass is 245 g/mol. The fraction of sp³-hybridized carbons (Fsp3) is 0.833. The molecule has 0 aromatic heterocycles. The van der Waals surface area contributed by atoms with Crippen molar-refractivity contribution in [1.82, 2.24) is 4.90 Å². The zero-order valence-corrected chi connectivity index (χ0v) is 10.8. The summed E-state index contributed by atoms with van der Waals surface area (Å²) in [4.78, 5) is 23.7. The van der Waals surface area contributed by atoms with E-state index in [4.69, 9.17) is 5.11 Å². The van der Waals surface area contributed by atoms with Crippen molar-refractivity contribution in [3.05, 3.63) is 0 Å². The smallest absolute Gasteiger partial charge is 0.329 e. The predicted molar refractivity (Wildman–Crippen MR) is 64.6 cm³/mol. The summed E-state index contributed by atoms with van der Waals surface area (Å²) in [5.41, 5.74) is 0. The molecule has 100 valence electrons. The molecule has 0 spiro atoms. The first-order valence-electron chi connectivity index (χ1n) is 6.09. The summed E-state index contributed by atoms with van der Waals surface area (Å²) in [5, 5.41) is 18.4. The van der Waals surface area contributed by atoms with E-state index in [-0.39, 0.29) is 5.91 Å². The molecule has 17 heavy (non-hydrogen) atoms. The van der Waals surface area contributed by atoms with Crippen LogP contribution in [0.2, 0.25) is 0 Å². The molecule has 0 aromatic carbocycles. The van der Waals surface area contributed by atoms with E-state index >= 15 is 0 Å². The zero-order valence-electron chi connectivity index (χ0n) is 10.8. The first-order chi connectivity index (χ1) is 7.91. The quantitative estimate of drug-likeness (QED) is 0.631. The van der Waals surface area contributed by atoms with Crippen LogP contribution in [0.15, 0.2) is 0 Å². The van der Waals surface area contributed by atoms with Crippen LogP contribution in [0.3, 0.4) is 0 Å². The lowest BCUT2D eigenvalue weighted by molar-refractivity contribution is -0.154. The van der Waals surface area contributed by atoms with Gasteiger partial charge in [0.05, 0.1) is 6.10 Å². The number of amides is 1. The number of carbonyl (C=O) groups is 2. The number of unbranched alkanes of at least 4 members (excludes halogenated alkanes) is 3. The lowest BCUT2D eigenvalue weighted by atomic mass is 10.1. The Morgan fingerprint density at radius 1 is 1.24 bits per heavy atom. The number of carboxylic acid groups (broad SMARTS) is 1. The van der Waals surface area contributed by atoms with Crippen LogP contribution in [-0.2, 0) is 9.59 Å². The molecule has 0 heterocycles. The minimum absolute atomic E-state index is 0.310. The molecule has 1 amide bonds. The summed E-state index contributed by atoms with van der Waals surface area (Å²) in [6, 6.07) is -1.14. The second kappa shape index (κ2) is 8.06. The highest BCUT2D eigenvalue weighted by Gasteiger charge is 2.31. The van der Waals surface area contributed by atoms with E-state index in [0.717, 1.165) is 25.7 Å². The van der Waals surface area contributed by atoms with Crippen molar-refractivity contribution in [2.75, 3.05) is 6.54 Å². The Morgan fingerprint density at radius 3 is 2.18 bits per heavy atom. The van der Waals surface area contributed by atoms with Gasteiger partial charge in [-0.3, -0.25) is 4.79 Å². The molecular formula is C12H23NO4. The summed E-state index contributed by atoms with van der Waals surface area (Å²) >= 11 is 0. The number of nitrogens with zero attached hydrogens (tertiary/aromatic N) is 1. The van der Waals surface area contributed by atoms with Gasteiger partial charge in [-0.25, -0.2) is 4.79 Å². The van der Waals surface area contributed by atoms with Crippen LogP contribution in [0.25, 0.3) is 0 Å². The van der Waals surface area contributed by atoms with Gasteiger partial charge < -0.3 is 15.1 Å². The summed E-state index contributed by atoms with van der Waals surface area (Å²) < 4.78 is 0. The molecule has 5 heteroatoms. The minimum atomic E-state index is -1.16. The van der Waals surface area contributed by atoms with Crippen LogP contribution in [0, 0.1) is 0 Å². The summed E-state index contributed by atoms with van der Waals surface area (Å²) in [7, 11) is 0. The minimum Gasteiger partial charge on any atom is -0.480 e. The molecule has 5 nitrogen and oxygen atoms in total. The number of carboxylic acids is 1. The van der Waals surface area contributed by atoms with Crippen LogP contribution in [0.5, 0.6) is 0 Å². The zero-order chi connectivity index (χ0) is 13.4. The van der Waals surface area contributed by atoms with Gasteiger partial charge in [-0.2, -0.15) is 0 Å². The number of aliphatic hydroxyl groups excluding tert-OH is 1. The Bertz CT molecular complexity index is 253. The van der Waals surface area contributed by atoms with Gasteiger partial charge in [0, 0.05) is 13.5 Å². The number of hydrogen-bond acceptors (Lipinski definition) is 3. The molecule has 0 bridgehead atoms. The maximum Gasteiger partial charge on any atom is 0.329 e. The number of aliphatic hydroxyl groups is 1. The fourth-order valence-corrected chi connectivity index (χ4v) is 1.80. The van der Waals surface area contributed by atoms with Gasteiger partial charge in [-0.05, 0) is 13.3 Å². The van der Waals surface area contributed by atoms with Crippen molar-refractivity contribution >= 4 is 11.9 Å². The van der Waals surface area contributed by atoms with Crippen LogP contribution < -0.4 is 0 Å². The normalized spacial score (nSPS) is 14.1. The van der Waals surface area contributed by atoms with Gasteiger partial charge in [0.15, 0.2) is 6.04 Å². The molecule has 0 unspecified atom stereocenters. The average Bonchev–Trinajstić information content (AvgIpc) is 2.20. The van der Waals surface area contributed by atoms with E-state index in [1.807, 2.05) is 0 Å². The molecule has 0 aliphatic carbocycles. The van der Waals surface area contributed by atoms with Crippen molar-refractivity contribution in [3.63, 3.8) is 0 Å². The van der Waals surface area contributed by atoms with Gasteiger partial charge >= 0.3 is 5.97 Å². The third kappa shape index (κ3) is 5.68. The van der Waals surface area contributed by atoms with Gasteiger partial charge in [0.1, 0.15) is 0 Å². The molecule has 2 N–H and O–H groups in total. The third-order valence-corrected chi connectivity index (χ3v) is 2.70. The Labute approximate surface area is 102 Å². The third-order valence-electron chi connectivity index (χ3n) is 2.70. The molecule has 0 saturated heterocycles. The molecule has 0 radical (unpaired) electrons. The maximum atomic E-state index is 11.4. The lowest BCUT2D eigenvalue weighted by Gasteiger charge is -2.29. The number of rotatable bonds is 8. The molecule has 0 aliphatic heterocycles. The molecule has 0 fully saturated rings. The van der Waals surface area contributed by atoms with E-state index in [0.29, 0.717) is 6.54 Å². The van der Waals surface area contributed by atoms with Crippen LogP contribution >= 0.6 is 0 Å². The second-order valence-corrected chi connectivity index (χ2v) is 4.30. The standard InChI is InChI=1S/C12H23NO4/c1-4-5-6-7-8-13(10(3)15)11(9(2)14)12(16)17/h9,11,14H,4-8H2,1-3H3,(H,16,17)/t9-,11+/m1/s1. The molecule has 0 aromatic rings. The molecular weight excluding hydrogens is 222 g/mol. The molecule has 0 aliphatic rings. The van der Waals surface area contributed by atoms with Crippen LogP contribution in [0.4, 0.5) is 0 Å². The van der Waals surface area contributed by atoms with Gasteiger partial charge in [-0.1, -0.05) is 26.2 Å². The number of aliphatic carboxylic acids is 1. The topological polar surface area (TPSA) is 77.8 Å². The van der Waals surface area contributed by atoms with Crippen molar-refractivity contribution in [2.24, 2.45) is 0 Å². The highest BCUT2D eigenvalue weighted by molar-refractivity contribution is 5.82. The van der Waals surface area contributed by atoms with Gasteiger partial charge in [-0.15, -0.1) is 0 Å². The van der Waals surface area contributed by atoms with Crippen LogP contribution in [-0.4, -0.2) is 45.7 Å². The van der Waals surface area contributed by atoms with Crippen molar-refractivity contribution in [1.29, 1.82) is 0 Å². The summed E-state index contributed by atoms with van der Waals surface area (Å²) in [5.74, 6) is -1.47. The number of hydrogen-bond donors (Lipinski definition) is 2. The molecule has 2 atom stereocenters. The van der Waals surface area contributed by atoms with Gasteiger partial charge in [0.25, 0.3) is 0 Å². The molecule has 0 rings (SSSR count).